The Balaban J connectivity index is 2.74. The van der Waals surface area contributed by atoms with E-state index in [0.29, 0.717) is 12.0 Å². The first kappa shape index (κ1) is 14.5. The summed E-state index contributed by atoms with van der Waals surface area (Å²) in [5.74, 6) is 0.946. The van der Waals surface area contributed by atoms with Crippen LogP contribution < -0.4 is 5.32 Å². The second kappa shape index (κ2) is 5.38. The van der Waals surface area contributed by atoms with Gasteiger partial charge in [0.05, 0.1) is 11.7 Å². The van der Waals surface area contributed by atoms with Crippen LogP contribution in [0.1, 0.15) is 60.8 Å². The van der Waals surface area contributed by atoms with Crippen LogP contribution in [-0.4, -0.2) is 28.6 Å². The van der Waals surface area contributed by atoms with Gasteiger partial charge in [0, 0.05) is 6.04 Å². The average Bonchev–Trinajstić information content (AvgIpc) is 2.50. The summed E-state index contributed by atoms with van der Waals surface area (Å²) in [7, 11) is 0. The molecule has 1 amide bonds. The highest BCUT2D eigenvalue weighted by atomic mass is 16.2. The predicted octanol–water partition coefficient (Wildman–Crippen LogP) is 2.76. The Hall–Kier alpha value is -0.570. The van der Waals surface area contributed by atoms with Crippen molar-refractivity contribution in [3.63, 3.8) is 0 Å². The fourth-order valence-electron chi connectivity index (χ4n) is 2.75. The molecule has 1 fully saturated rings. The molecule has 0 aliphatic carbocycles. The van der Waals surface area contributed by atoms with Crippen molar-refractivity contribution in [3.05, 3.63) is 0 Å². The summed E-state index contributed by atoms with van der Waals surface area (Å²) >= 11 is 0. The van der Waals surface area contributed by atoms with Gasteiger partial charge in [0.1, 0.15) is 0 Å². The zero-order chi connectivity index (χ0) is 13.2. The molecular weight excluding hydrogens is 212 g/mol. The maximum Gasteiger partial charge on any atom is 0.244 e. The molecular formula is C14H28N2O. The van der Waals surface area contributed by atoms with Crippen LogP contribution in [0, 0.1) is 5.92 Å². The molecule has 1 heterocycles. The lowest BCUT2D eigenvalue weighted by atomic mass is 9.96. The van der Waals surface area contributed by atoms with Crippen LogP contribution in [0.5, 0.6) is 0 Å². The Kier molecular flexibility index (Phi) is 4.59. The van der Waals surface area contributed by atoms with Crippen LogP contribution in [0.25, 0.3) is 0 Å². The van der Waals surface area contributed by atoms with Crippen molar-refractivity contribution in [1.29, 1.82) is 0 Å². The first-order chi connectivity index (χ1) is 7.85. The first-order valence-corrected chi connectivity index (χ1v) is 6.96. The molecule has 17 heavy (non-hydrogen) atoms. The normalized spacial score (nSPS) is 32.9. The van der Waals surface area contributed by atoms with Gasteiger partial charge in [-0.3, -0.25) is 10.1 Å². The number of carbonyl (C=O) groups excluding carboxylic acids is 1. The summed E-state index contributed by atoms with van der Waals surface area (Å²) < 4.78 is 0. The lowest BCUT2D eigenvalue weighted by molar-refractivity contribution is -0.134. The zero-order valence-corrected chi connectivity index (χ0v) is 12.2. The molecule has 0 aromatic rings. The van der Waals surface area contributed by atoms with E-state index in [1.54, 1.807) is 0 Å². The summed E-state index contributed by atoms with van der Waals surface area (Å²) in [6.45, 7) is 12.8. The number of hydrogen-bond donors (Lipinski definition) is 1. The number of rotatable bonds is 5. The van der Waals surface area contributed by atoms with E-state index in [1.807, 2.05) is 11.8 Å². The highest BCUT2D eigenvalue weighted by molar-refractivity contribution is 5.88. The Bertz CT molecular complexity index is 279. The Morgan fingerprint density at radius 1 is 1.41 bits per heavy atom. The standard InChI is InChI=1S/C14H28N2O/c1-7-10(3)9-11(4)16-12(5)15-14(6,8-2)13(16)17/h10-12,15H,7-9H2,1-6H3. The van der Waals surface area contributed by atoms with E-state index >= 15 is 0 Å². The van der Waals surface area contributed by atoms with Gasteiger partial charge in [-0.15, -0.1) is 0 Å². The molecule has 0 bridgehead atoms. The molecule has 1 aliphatic rings. The summed E-state index contributed by atoms with van der Waals surface area (Å²) in [4.78, 5) is 14.5. The number of nitrogens with one attached hydrogen (secondary N) is 1. The minimum absolute atomic E-state index is 0.159. The fourth-order valence-corrected chi connectivity index (χ4v) is 2.75. The molecule has 0 aromatic carbocycles. The maximum absolute atomic E-state index is 12.4. The monoisotopic (exact) mass is 240 g/mol. The molecule has 1 N–H and O–H groups in total. The molecule has 0 radical (unpaired) electrons. The van der Waals surface area contributed by atoms with Crippen LogP contribution >= 0.6 is 0 Å². The van der Waals surface area contributed by atoms with Crippen LogP contribution in [0.15, 0.2) is 0 Å². The summed E-state index contributed by atoms with van der Waals surface area (Å²) in [5.41, 5.74) is -0.358. The largest absolute Gasteiger partial charge is 0.323 e. The molecule has 0 spiro atoms. The van der Waals surface area contributed by atoms with Gasteiger partial charge >= 0.3 is 0 Å². The minimum atomic E-state index is -0.358. The van der Waals surface area contributed by atoms with Crippen molar-refractivity contribution in [2.45, 2.75) is 78.6 Å². The lowest BCUT2D eigenvalue weighted by Gasteiger charge is -2.30. The Morgan fingerprint density at radius 3 is 2.41 bits per heavy atom. The minimum Gasteiger partial charge on any atom is -0.323 e. The topological polar surface area (TPSA) is 32.3 Å². The van der Waals surface area contributed by atoms with Gasteiger partial charge in [0.2, 0.25) is 5.91 Å². The van der Waals surface area contributed by atoms with E-state index in [2.05, 4.69) is 39.9 Å². The van der Waals surface area contributed by atoms with E-state index in [9.17, 15) is 4.79 Å². The fraction of sp³-hybridized carbons (Fsp3) is 0.929. The predicted molar refractivity (Wildman–Crippen MR) is 71.7 cm³/mol. The molecule has 3 nitrogen and oxygen atoms in total. The molecule has 1 rings (SSSR count). The Labute approximate surface area is 106 Å². The summed E-state index contributed by atoms with van der Waals surface area (Å²) in [6.07, 6.45) is 3.28. The van der Waals surface area contributed by atoms with Crippen molar-refractivity contribution < 1.29 is 4.79 Å². The van der Waals surface area contributed by atoms with Crippen molar-refractivity contribution in [3.8, 4) is 0 Å². The van der Waals surface area contributed by atoms with Crippen LogP contribution in [0.2, 0.25) is 0 Å². The second-order valence-electron chi connectivity index (χ2n) is 5.82. The molecule has 100 valence electrons. The first-order valence-electron chi connectivity index (χ1n) is 6.96. The van der Waals surface area contributed by atoms with Crippen molar-refractivity contribution >= 4 is 5.91 Å². The third-order valence-electron chi connectivity index (χ3n) is 4.27. The van der Waals surface area contributed by atoms with Gasteiger partial charge in [-0.05, 0) is 39.5 Å². The smallest absolute Gasteiger partial charge is 0.244 e. The molecule has 4 unspecified atom stereocenters. The van der Waals surface area contributed by atoms with E-state index in [4.69, 9.17) is 0 Å². The van der Waals surface area contributed by atoms with Crippen LogP contribution in [-0.2, 0) is 4.79 Å². The molecule has 0 saturated carbocycles. The summed E-state index contributed by atoms with van der Waals surface area (Å²) in [6, 6.07) is 0.327. The van der Waals surface area contributed by atoms with Gasteiger partial charge in [-0.25, -0.2) is 0 Å². The third kappa shape index (κ3) is 2.82. The number of amides is 1. The Morgan fingerprint density at radius 2 is 2.00 bits per heavy atom. The summed E-state index contributed by atoms with van der Waals surface area (Å²) in [5, 5.41) is 3.43. The van der Waals surface area contributed by atoms with E-state index < -0.39 is 0 Å². The SMILES string of the molecule is CCC(C)CC(C)N1C(=O)C(C)(CC)NC1C. The van der Waals surface area contributed by atoms with E-state index in [0.717, 1.165) is 12.8 Å². The highest BCUT2D eigenvalue weighted by Crippen LogP contribution is 2.27. The zero-order valence-electron chi connectivity index (χ0n) is 12.2. The number of carbonyl (C=O) groups is 1. The third-order valence-corrected chi connectivity index (χ3v) is 4.27. The molecule has 3 heteroatoms. The van der Waals surface area contributed by atoms with E-state index in [-0.39, 0.29) is 17.6 Å². The lowest BCUT2D eigenvalue weighted by Crippen LogP contribution is -2.44. The second-order valence-corrected chi connectivity index (χ2v) is 5.82. The molecule has 1 aliphatic heterocycles. The number of hydrogen-bond acceptors (Lipinski definition) is 2. The molecule has 4 atom stereocenters. The highest BCUT2D eigenvalue weighted by Gasteiger charge is 2.46. The van der Waals surface area contributed by atoms with Crippen molar-refractivity contribution in [2.24, 2.45) is 5.92 Å². The van der Waals surface area contributed by atoms with Crippen molar-refractivity contribution in [1.82, 2.24) is 10.2 Å². The van der Waals surface area contributed by atoms with Gasteiger partial charge in [-0.1, -0.05) is 27.2 Å². The average molecular weight is 240 g/mol. The van der Waals surface area contributed by atoms with Crippen LogP contribution in [0.4, 0.5) is 0 Å². The van der Waals surface area contributed by atoms with Crippen LogP contribution in [0.3, 0.4) is 0 Å². The molecule has 1 saturated heterocycles. The van der Waals surface area contributed by atoms with Crippen molar-refractivity contribution in [2.75, 3.05) is 0 Å². The van der Waals surface area contributed by atoms with Gasteiger partial charge in [0.15, 0.2) is 0 Å². The number of nitrogens with zero attached hydrogens (tertiary/aromatic N) is 1. The quantitative estimate of drug-likeness (QED) is 0.801. The van der Waals surface area contributed by atoms with Gasteiger partial charge in [-0.2, -0.15) is 0 Å². The van der Waals surface area contributed by atoms with Gasteiger partial charge < -0.3 is 4.90 Å². The van der Waals surface area contributed by atoms with Gasteiger partial charge in [0.25, 0.3) is 0 Å². The van der Waals surface area contributed by atoms with E-state index in [1.165, 1.54) is 6.42 Å². The molecule has 0 aromatic heterocycles. The maximum atomic E-state index is 12.4.